The summed E-state index contributed by atoms with van der Waals surface area (Å²) in [4.78, 5) is 8.41. The topological polar surface area (TPSA) is 55.0 Å². The van der Waals surface area contributed by atoms with Crippen molar-refractivity contribution in [1.82, 2.24) is 14.3 Å². The second kappa shape index (κ2) is 4.49. The Balaban J connectivity index is 2.15. The van der Waals surface area contributed by atoms with E-state index in [4.69, 9.17) is 5.73 Å². The summed E-state index contributed by atoms with van der Waals surface area (Å²) in [6.07, 6.45) is 7.10. The van der Waals surface area contributed by atoms with Crippen LogP contribution in [0.25, 0.3) is 16.5 Å². The van der Waals surface area contributed by atoms with E-state index in [1.807, 2.05) is 12.1 Å². The highest BCUT2D eigenvalue weighted by Gasteiger charge is 2.15. The normalized spacial score (nSPS) is 15.2. The lowest BCUT2D eigenvalue weighted by molar-refractivity contribution is 0.674. The molecule has 1 aliphatic heterocycles. The van der Waals surface area contributed by atoms with Crippen LogP contribution in [0.3, 0.4) is 0 Å². The monoisotopic (exact) mass is 258 g/mol. The van der Waals surface area contributed by atoms with Crippen LogP contribution >= 0.6 is 11.9 Å². The summed E-state index contributed by atoms with van der Waals surface area (Å²) in [6, 6.07) is 6.16. The van der Waals surface area contributed by atoms with Gasteiger partial charge in [0, 0.05) is 36.1 Å². The average Bonchev–Trinajstić information content (AvgIpc) is 2.86. The summed E-state index contributed by atoms with van der Waals surface area (Å²) in [5.74, 6) is 0.329. The molecule has 18 heavy (non-hydrogen) atoms. The highest BCUT2D eigenvalue weighted by molar-refractivity contribution is 7.96. The molecule has 0 radical (unpaired) electrons. The van der Waals surface area contributed by atoms with Crippen molar-refractivity contribution in [2.75, 3.05) is 18.5 Å². The molecule has 0 spiro atoms. The standard InChI is InChI=1S/C13H14N4S/c1-18-17-6-5-10(8-17)11-4-2-3-9-7-15-13(14)16-12(9)11/h2-4,7-8H,5-6H2,1H3,(H2,14,15,16). The van der Waals surface area contributed by atoms with Gasteiger partial charge in [0.25, 0.3) is 0 Å². The number of rotatable bonds is 2. The quantitative estimate of drug-likeness (QED) is 0.839. The number of nitrogens with zero attached hydrogens (tertiary/aromatic N) is 3. The van der Waals surface area contributed by atoms with E-state index in [0.717, 1.165) is 29.4 Å². The number of hydrogen-bond donors (Lipinski definition) is 1. The predicted octanol–water partition coefficient (Wildman–Crippen LogP) is 2.54. The lowest BCUT2D eigenvalue weighted by atomic mass is 10.0. The van der Waals surface area contributed by atoms with Crippen LogP contribution in [-0.4, -0.2) is 27.1 Å². The Labute approximate surface area is 110 Å². The van der Waals surface area contributed by atoms with Crippen molar-refractivity contribution < 1.29 is 0 Å². The summed E-state index contributed by atoms with van der Waals surface area (Å²) in [5.41, 5.74) is 9.11. The second-order valence-corrected chi connectivity index (χ2v) is 5.03. The van der Waals surface area contributed by atoms with Crippen molar-refractivity contribution in [3.8, 4) is 0 Å². The minimum absolute atomic E-state index is 0.329. The fourth-order valence-electron chi connectivity index (χ4n) is 2.21. The second-order valence-electron chi connectivity index (χ2n) is 4.20. The number of anilines is 1. The SMILES string of the molecule is CSN1C=C(c2cccc3cnc(N)nc23)CC1. The van der Waals surface area contributed by atoms with Crippen molar-refractivity contribution in [2.24, 2.45) is 0 Å². The van der Waals surface area contributed by atoms with Gasteiger partial charge in [-0.05, 0) is 12.0 Å². The molecule has 92 valence electrons. The van der Waals surface area contributed by atoms with Crippen molar-refractivity contribution >= 4 is 34.4 Å². The van der Waals surface area contributed by atoms with Gasteiger partial charge in [-0.25, -0.2) is 9.97 Å². The molecule has 0 bridgehead atoms. The maximum Gasteiger partial charge on any atom is 0.220 e. The third-order valence-electron chi connectivity index (χ3n) is 3.11. The van der Waals surface area contributed by atoms with E-state index < -0.39 is 0 Å². The smallest absolute Gasteiger partial charge is 0.220 e. The molecule has 0 amide bonds. The maximum atomic E-state index is 5.69. The van der Waals surface area contributed by atoms with E-state index in [2.05, 4.69) is 32.8 Å². The summed E-state index contributed by atoms with van der Waals surface area (Å²) in [5, 5.41) is 1.03. The van der Waals surface area contributed by atoms with Crippen LogP contribution in [0.4, 0.5) is 5.95 Å². The van der Waals surface area contributed by atoms with Gasteiger partial charge in [0.05, 0.1) is 5.52 Å². The molecule has 0 aliphatic carbocycles. The number of benzene rings is 1. The Morgan fingerprint density at radius 2 is 2.28 bits per heavy atom. The highest BCUT2D eigenvalue weighted by atomic mass is 32.2. The van der Waals surface area contributed by atoms with Gasteiger partial charge in [0.2, 0.25) is 5.95 Å². The van der Waals surface area contributed by atoms with Gasteiger partial charge in [0.1, 0.15) is 0 Å². The molecule has 1 aliphatic rings. The number of aromatic nitrogens is 2. The minimum atomic E-state index is 0.329. The number of nitrogens with two attached hydrogens (primary N) is 1. The number of fused-ring (bicyclic) bond motifs is 1. The van der Waals surface area contributed by atoms with Gasteiger partial charge in [-0.1, -0.05) is 30.1 Å². The van der Waals surface area contributed by atoms with Crippen molar-refractivity contribution in [3.63, 3.8) is 0 Å². The molecule has 2 N–H and O–H groups in total. The van der Waals surface area contributed by atoms with Gasteiger partial charge in [0.15, 0.2) is 0 Å². The summed E-state index contributed by atoms with van der Waals surface area (Å²) < 4.78 is 2.23. The van der Waals surface area contributed by atoms with E-state index in [1.165, 1.54) is 5.57 Å². The molecule has 1 aromatic carbocycles. The Kier molecular flexibility index (Phi) is 2.83. The molecule has 3 rings (SSSR count). The van der Waals surface area contributed by atoms with Crippen molar-refractivity contribution in [1.29, 1.82) is 0 Å². The van der Waals surface area contributed by atoms with Crippen molar-refractivity contribution in [2.45, 2.75) is 6.42 Å². The van der Waals surface area contributed by atoms with Crippen molar-refractivity contribution in [3.05, 3.63) is 36.2 Å². The molecular weight excluding hydrogens is 244 g/mol. The number of nitrogen functional groups attached to an aromatic ring is 1. The van der Waals surface area contributed by atoms with Gasteiger partial charge in [-0.2, -0.15) is 0 Å². The van der Waals surface area contributed by atoms with Gasteiger partial charge in [-0.15, -0.1) is 0 Å². The molecule has 5 heteroatoms. The molecule has 0 saturated carbocycles. The van der Waals surface area contributed by atoms with E-state index in [0.29, 0.717) is 5.95 Å². The summed E-state index contributed by atoms with van der Waals surface area (Å²) in [6.45, 7) is 1.05. The summed E-state index contributed by atoms with van der Waals surface area (Å²) in [7, 11) is 0. The Hall–Kier alpha value is -1.75. The lowest BCUT2D eigenvalue weighted by Gasteiger charge is -2.08. The van der Waals surface area contributed by atoms with Crippen LogP contribution in [0.5, 0.6) is 0 Å². The maximum absolute atomic E-state index is 5.69. The first kappa shape index (κ1) is 11.3. The summed E-state index contributed by atoms with van der Waals surface area (Å²) >= 11 is 1.74. The van der Waals surface area contributed by atoms with E-state index in [-0.39, 0.29) is 0 Å². The van der Waals surface area contributed by atoms with Crippen LogP contribution in [0.2, 0.25) is 0 Å². The number of para-hydroxylation sites is 1. The van der Waals surface area contributed by atoms with E-state index >= 15 is 0 Å². The first-order valence-corrected chi connectivity index (χ1v) is 6.99. The van der Waals surface area contributed by atoms with Crippen LogP contribution in [-0.2, 0) is 0 Å². The molecule has 1 aromatic heterocycles. The first-order chi connectivity index (χ1) is 8.78. The molecule has 0 fully saturated rings. The molecule has 4 nitrogen and oxygen atoms in total. The van der Waals surface area contributed by atoms with E-state index in [1.54, 1.807) is 18.1 Å². The minimum Gasteiger partial charge on any atom is -0.368 e. The fourth-order valence-corrected chi connectivity index (χ4v) is 2.72. The van der Waals surface area contributed by atoms with Crippen LogP contribution in [0.1, 0.15) is 12.0 Å². The zero-order valence-electron chi connectivity index (χ0n) is 10.1. The molecule has 2 aromatic rings. The zero-order chi connectivity index (χ0) is 12.5. The zero-order valence-corrected chi connectivity index (χ0v) is 10.9. The van der Waals surface area contributed by atoms with Crippen LogP contribution in [0.15, 0.2) is 30.6 Å². The van der Waals surface area contributed by atoms with Gasteiger partial charge < -0.3 is 10.0 Å². The Morgan fingerprint density at radius 1 is 1.39 bits per heavy atom. The highest BCUT2D eigenvalue weighted by Crippen LogP contribution is 2.31. The number of hydrogen-bond acceptors (Lipinski definition) is 5. The molecular formula is C13H14N4S. The van der Waals surface area contributed by atoms with Gasteiger partial charge >= 0.3 is 0 Å². The Bertz CT molecular complexity index is 623. The van der Waals surface area contributed by atoms with E-state index in [9.17, 15) is 0 Å². The molecule has 0 saturated heterocycles. The fraction of sp³-hybridized carbons (Fsp3) is 0.231. The largest absolute Gasteiger partial charge is 0.368 e. The van der Waals surface area contributed by atoms with Gasteiger partial charge in [-0.3, -0.25) is 0 Å². The molecule has 0 atom stereocenters. The third kappa shape index (κ3) is 1.90. The predicted molar refractivity (Wildman–Crippen MR) is 76.8 cm³/mol. The Morgan fingerprint density at radius 3 is 3.06 bits per heavy atom. The average molecular weight is 258 g/mol. The van der Waals surface area contributed by atoms with Crippen LogP contribution in [0, 0.1) is 0 Å². The molecule has 2 heterocycles. The molecule has 0 unspecified atom stereocenters. The van der Waals surface area contributed by atoms with Crippen LogP contribution < -0.4 is 5.73 Å². The third-order valence-corrected chi connectivity index (χ3v) is 3.87. The lowest BCUT2D eigenvalue weighted by Crippen LogP contribution is -2.01. The first-order valence-electron chi connectivity index (χ1n) is 5.81.